The first kappa shape index (κ1) is 15.5. The summed E-state index contributed by atoms with van der Waals surface area (Å²) in [7, 11) is -3.31. The number of hydrogen-bond acceptors (Lipinski definition) is 3. The van der Waals surface area contributed by atoms with Gasteiger partial charge in [0, 0.05) is 26.2 Å². The lowest BCUT2D eigenvalue weighted by Gasteiger charge is -2.25. The van der Waals surface area contributed by atoms with Crippen LogP contribution in [-0.4, -0.2) is 41.9 Å². The molecule has 1 aromatic carbocycles. The van der Waals surface area contributed by atoms with Gasteiger partial charge in [0.05, 0.1) is 17.4 Å². The molecule has 0 spiro atoms. The topological polar surface area (TPSA) is 67.2 Å². The van der Waals surface area contributed by atoms with Crippen LogP contribution in [0.15, 0.2) is 30.6 Å². The van der Waals surface area contributed by atoms with E-state index in [0.29, 0.717) is 19.6 Å². The fraction of sp³-hybridized carbons (Fsp3) is 0.533. The van der Waals surface area contributed by atoms with Crippen molar-refractivity contribution in [2.75, 3.05) is 19.6 Å². The molecule has 1 aromatic heterocycles. The monoisotopic (exact) mass is 322 g/mol. The SMILES string of the molecule is O=S(=O)(NCCCn1cnc2ccccc21)N1CCCCC1. The van der Waals surface area contributed by atoms with Gasteiger partial charge in [-0.25, -0.2) is 9.71 Å². The Kier molecular flexibility index (Phi) is 4.75. The Balaban J connectivity index is 1.51. The van der Waals surface area contributed by atoms with Gasteiger partial charge in [-0.1, -0.05) is 18.6 Å². The normalized spacial score (nSPS) is 17.1. The van der Waals surface area contributed by atoms with Crippen LogP contribution in [0.1, 0.15) is 25.7 Å². The van der Waals surface area contributed by atoms with Gasteiger partial charge in [-0.05, 0) is 31.4 Å². The molecule has 2 heterocycles. The van der Waals surface area contributed by atoms with Gasteiger partial charge < -0.3 is 4.57 Å². The molecule has 0 saturated carbocycles. The molecule has 0 atom stereocenters. The molecule has 0 aliphatic carbocycles. The minimum absolute atomic E-state index is 0.450. The van der Waals surface area contributed by atoms with E-state index in [1.165, 1.54) is 0 Å². The summed E-state index contributed by atoms with van der Waals surface area (Å²) in [6.45, 7) is 2.48. The quantitative estimate of drug-likeness (QED) is 0.824. The van der Waals surface area contributed by atoms with Gasteiger partial charge in [0.1, 0.15) is 0 Å². The molecule has 2 aromatic rings. The second-order valence-electron chi connectivity index (χ2n) is 5.64. The van der Waals surface area contributed by atoms with Gasteiger partial charge in [-0.15, -0.1) is 0 Å². The Morgan fingerprint density at radius 3 is 2.73 bits per heavy atom. The van der Waals surface area contributed by atoms with Crippen molar-refractivity contribution < 1.29 is 8.42 Å². The third-order valence-corrected chi connectivity index (χ3v) is 5.66. The first-order valence-corrected chi connectivity index (χ1v) is 9.25. The van der Waals surface area contributed by atoms with E-state index in [0.717, 1.165) is 43.3 Å². The summed E-state index contributed by atoms with van der Waals surface area (Å²) in [4.78, 5) is 4.34. The lowest BCUT2D eigenvalue weighted by Crippen LogP contribution is -2.43. The van der Waals surface area contributed by atoms with Crippen LogP contribution in [0.25, 0.3) is 11.0 Å². The summed E-state index contributed by atoms with van der Waals surface area (Å²) in [5.74, 6) is 0. The molecule has 120 valence electrons. The highest BCUT2D eigenvalue weighted by atomic mass is 32.2. The molecule has 1 aliphatic rings. The molecule has 7 heteroatoms. The number of benzene rings is 1. The van der Waals surface area contributed by atoms with Crippen molar-refractivity contribution in [1.29, 1.82) is 0 Å². The molecule has 1 saturated heterocycles. The van der Waals surface area contributed by atoms with Gasteiger partial charge in [0.15, 0.2) is 0 Å². The number of nitrogens with one attached hydrogen (secondary N) is 1. The summed E-state index contributed by atoms with van der Waals surface area (Å²) in [6, 6.07) is 7.96. The number of aromatic nitrogens is 2. The van der Waals surface area contributed by atoms with Crippen LogP contribution in [0.3, 0.4) is 0 Å². The average Bonchev–Trinajstić information content (AvgIpc) is 2.96. The van der Waals surface area contributed by atoms with E-state index in [1.54, 1.807) is 4.31 Å². The zero-order valence-corrected chi connectivity index (χ0v) is 13.4. The summed E-state index contributed by atoms with van der Waals surface area (Å²) >= 11 is 0. The highest BCUT2D eigenvalue weighted by Gasteiger charge is 2.22. The van der Waals surface area contributed by atoms with Crippen LogP contribution >= 0.6 is 0 Å². The Morgan fingerprint density at radius 2 is 1.91 bits per heavy atom. The van der Waals surface area contributed by atoms with E-state index in [1.807, 2.05) is 30.6 Å². The van der Waals surface area contributed by atoms with Crippen molar-refractivity contribution in [2.24, 2.45) is 0 Å². The number of fused-ring (bicyclic) bond motifs is 1. The molecular formula is C15H22N4O2S. The molecule has 0 radical (unpaired) electrons. The number of nitrogens with zero attached hydrogens (tertiary/aromatic N) is 3. The zero-order valence-electron chi connectivity index (χ0n) is 12.6. The molecule has 1 aliphatic heterocycles. The Morgan fingerprint density at radius 1 is 1.14 bits per heavy atom. The molecule has 1 fully saturated rings. The van der Waals surface area contributed by atoms with Gasteiger partial charge in [-0.3, -0.25) is 0 Å². The third kappa shape index (κ3) is 3.48. The second-order valence-corrected chi connectivity index (χ2v) is 7.39. The maximum absolute atomic E-state index is 12.2. The van der Waals surface area contributed by atoms with Crippen LogP contribution in [0.2, 0.25) is 0 Å². The van der Waals surface area contributed by atoms with Crippen molar-refractivity contribution in [2.45, 2.75) is 32.2 Å². The lowest BCUT2D eigenvalue weighted by molar-refractivity contribution is 0.341. The zero-order chi connectivity index (χ0) is 15.4. The van der Waals surface area contributed by atoms with E-state index < -0.39 is 10.2 Å². The minimum atomic E-state index is -3.31. The van der Waals surface area contributed by atoms with Gasteiger partial charge in [0.2, 0.25) is 0 Å². The predicted molar refractivity (Wildman–Crippen MR) is 86.7 cm³/mol. The Bertz CT molecular complexity index is 720. The Labute approximate surface area is 131 Å². The first-order valence-electron chi connectivity index (χ1n) is 7.81. The van der Waals surface area contributed by atoms with Crippen LogP contribution in [0.4, 0.5) is 0 Å². The van der Waals surface area contributed by atoms with Gasteiger partial charge >= 0.3 is 0 Å². The number of hydrogen-bond donors (Lipinski definition) is 1. The minimum Gasteiger partial charge on any atom is -0.331 e. The molecule has 22 heavy (non-hydrogen) atoms. The van der Waals surface area contributed by atoms with E-state index in [-0.39, 0.29) is 0 Å². The van der Waals surface area contributed by atoms with E-state index >= 15 is 0 Å². The Hall–Kier alpha value is -1.44. The van der Waals surface area contributed by atoms with Crippen LogP contribution in [0.5, 0.6) is 0 Å². The van der Waals surface area contributed by atoms with Gasteiger partial charge in [0.25, 0.3) is 10.2 Å². The summed E-state index contributed by atoms with van der Waals surface area (Å²) in [5.41, 5.74) is 2.05. The maximum atomic E-state index is 12.2. The van der Waals surface area contributed by atoms with Crippen LogP contribution < -0.4 is 4.72 Å². The standard InChI is InChI=1S/C15H22N4O2S/c20-22(21,19-11-4-1-5-12-19)17-9-6-10-18-13-16-14-7-2-3-8-15(14)18/h2-3,7-8,13,17H,1,4-6,9-12H2. The van der Waals surface area contributed by atoms with Crippen molar-refractivity contribution >= 4 is 21.2 Å². The molecule has 3 rings (SSSR count). The lowest BCUT2D eigenvalue weighted by atomic mass is 10.2. The molecule has 6 nitrogen and oxygen atoms in total. The first-order chi connectivity index (χ1) is 10.7. The van der Waals surface area contributed by atoms with Crippen molar-refractivity contribution in [3.05, 3.63) is 30.6 Å². The van der Waals surface area contributed by atoms with Crippen molar-refractivity contribution in [3.63, 3.8) is 0 Å². The molecule has 0 unspecified atom stereocenters. The highest BCUT2D eigenvalue weighted by molar-refractivity contribution is 7.87. The predicted octanol–water partition coefficient (Wildman–Crippen LogP) is 1.75. The fourth-order valence-electron chi connectivity index (χ4n) is 2.84. The number of piperidine rings is 1. The van der Waals surface area contributed by atoms with Crippen molar-refractivity contribution in [3.8, 4) is 0 Å². The molecular weight excluding hydrogens is 300 g/mol. The van der Waals surface area contributed by atoms with E-state index in [2.05, 4.69) is 14.3 Å². The van der Waals surface area contributed by atoms with E-state index in [9.17, 15) is 8.42 Å². The summed E-state index contributed by atoms with van der Waals surface area (Å²) in [5, 5.41) is 0. The highest BCUT2D eigenvalue weighted by Crippen LogP contribution is 2.13. The number of rotatable bonds is 6. The summed E-state index contributed by atoms with van der Waals surface area (Å²) < 4.78 is 30.6. The molecule has 0 bridgehead atoms. The largest absolute Gasteiger partial charge is 0.331 e. The van der Waals surface area contributed by atoms with Crippen LogP contribution in [-0.2, 0) is 16.8 Å². The second kappa shape index (κ2) is 6.76. The van der Waals surface area contributed by atoms with Crippen LogP contribution in [0, 0.1) is 0 Å². The molecule has 0 amide bonds. The summed E-state index contributed by atoms with van der Waals surface area (Å²) in [6.07, 6.45) is 5.60. The average molecular weight is 322 g/mol. The third-order valence-electron chi connectivity index (χ3n) is 4.04. The maximum Gasteiger partial charge on any atom is 0.279 e. The van der Waals surface area contributed by atoms with E-state index in [4.69, 9.17) is 0 Å². The fourth-order valence-corrected chi connectivity index (χ4v) is 4.16. The smallest absolute Gasteiger partial charge is 0.279 e. The number of para-hydroxylation sites is 2. The van der Waals surface area contributed by atoms with Crippen molar-refractivity contribution in [1.82, 2.24) is 18.6 Å². The number of aryl methyl sites for hydroxylation is 1. The number of imidazole rings is 1. The van der Waals surface area contributed by atoms with Gasteiger partial charge in [-0.2, -0.15) is 12.7 Å². The molecule has 1 N–H and O–H groups in total.